The number of carbonyl (C=O) groups excluding carboxylic acids is 2. The van der Waals surface area contributed by atoms with Gasteiger partial charge in [-0.1, -0.05) is 6.07 Å². The summed E-state index contributed by atoms with van der Waals surface area (Å²) in [6.07, 6.45) is -4.61. The van der Waals surface area contributed by atoms with E-state index < -0.39 is 54.6 Å². The van der Waals surface area contributed by atoms with Crippen molar-refractivity contribution in [2.24, 2.45) is 5.73 Å². The highest BCUT2D eigenvalue weighted by Gasteiger charge is 2.43. The second-order valence-electron chi connectivity index (χ2n) is 9.16. The average molecular weight is 531 g/mol. The van der Waals surface area contributed by atoms with Gasteiger partial charge in [0.05, 0.1) is 6.54 Å². The molecule has 1 fully saturated rings. The van der Waals surface area contributed by atoms with Gasteiger partial charge in [-0.3, -0.25) is 4.79 Å². The van der Waals surface area contributed by atoms with Crippen molar-refractivity contribution in [2.45, 2.75) is 63.5 Å². The Morgan fingerprint density at radius 2 is 1.95 bits per heavy atom. The van der Waals surface area contributed by atoms with E-state index in [1.54, 1.807) is 13.8 Å². The highest BCUT2D eigenvalue weighted by atomic mass is 19.4. The molecule has 2 aromatic heterocycles. The van der Waals surface area contributed by atoms with E-state index in [1.807, 2.05) is 0 Å². The molecule has 0 aliphatic carbocycles. The fourth-order valence-corrected chi connectivity index (χ4v) is 3.94. The Kier molecular flexibility index (Phi) is 8.08. The molecule has 0 aromatic carbocycles. The molecule has 9 nitrogen and oxygen atoms in total. The first kappa shape index (κ1) is 27.9. The molecule has 0 unspecified atom stereocenters. The van der Waals surface area contributed by atoms with Crippen molar-refractivity contribution in [3.8, 4) is 5.75 Å². The average Bonchev–Trinajstić information content (AvgIpc) is 2.76. The van der Waals surface area contributed by atoms with Crippen LogP contribution in [-0.4, -0.2) is 57.3 Å². The van der Waals surface area contributed by atoms with Crippen LogP contribution >= 0.6 is 0 Å². The Morgan fingerprint density at radius 1 is 1.22 bits per heavy atom. The number of pyridine rings is 2. The Hall–Kier alpha value is -3.71. The van der Waals surface area contributed by atoms with Gasteiger partial charge in [0, 0.05) is 24.7 Å². The van der Waals surface area contributed by atoms with Gasteiger partial charge in [0.25, 0.3) is 11.8 Å². The molecule has 1 atom stereocenters. The lowest BCUT2D eigenvalue weighted by Gasteiger charge is -2.40. The zero-order valence-corrected chi connectivity index (χ0v) is 20.0. The molecule has 3 rings (SSSR count). The van der Waals surface area contributed by atoms with E-state index in [4.69, 9.17) is 10.5 Å². The third-order valence-corrected chi connectivity index (χ3v) is 5.59. The molecule has 1 saturated heterocycles. The Balaban J connectivity index is 1.77. The van der Waals surface area contributed by atoms with Gasteiger partial charge in [0.2, 0.25) is 0 Å². The molecule has 1 aliphatic rings. The number of ether oxygens (including phenoxy) is 2. The monoisotopic (exact) mass is 531 g/mol. The standard InChI is InChI=1S/C23H26F5N5O4/c1-21(2,37-20(29)35)9-6-14-7-10-22(24,25)13-33(14)19(34)16-4-3-5-17(31-16)32-18-12-15(8-11-30-18)36-23(26,27)28/h3-5,8,11-12,14H,6-7,9-10,13H2,1-2H3,(H2,29,35)(H,30,31,32)/t14-/m1/s1. The topological polar surface area (TPSA) is 120 Å². The minimum Gasteiger partial charge on any atom is -0.444 e. The summed E-state index contributed by atoms with van der Waals surface area (Å²) in [7, 11) is 0. The van der Waals surface area contributed by atoms with Crippen LogP contribution in [0.1, 0.15) is 50.0 Å². The lowest BCUT2D eigenvalue weighted by molar-refractivity contribution is -0.274. The molecule has 14 heteroatoms. The van der Waals surface area contributed by atoms with Crippen LogP contribution in [0.5, 0.6) is 5.75 Å². The number of alkyl halides is 5. The summed E-state index contributed by atoms with van der Waals surface area (Å²) in [5.74, 6) is -4.34. The van der Waals surface area contributed by atoms with Gasteiger partial charge in [-0.05, 0) is 51.3 Å². The first-order valence-electron chi connectivity index (χ1n) is 11.3. The van der Waals surface area contributed by atoms with E-state index in [9.17, 15) is 31.5 Å². The number of hydrogen-bond acceptors (Lipinski definition) is 7. The lowest BCUT2D eigenvalue weighted by atomic mass is 9.91. The SMILES string of the molecule is CC(C)(CC[C@@H]1CCC(F)(F)CN1C(=O)c1cccc(Nc2cc(OC(F)(F)F)ccn2)n1)OC(N)=O. The second-order valence-corrected chi connectivity index (χ2v) is 9.16. The van der Waals surface area contributed by atoms with E-state index in [1.165, 1.54) is 18.2 Å². The minimum atomic E-state index is -4.89. The maximum Gasteiger partial charge on any atom is 0.573 e. The number of aromatic nitrogens is 2. The van der Waals surface area contributed by atoms with Crippen molar-refractivity contribution in [2.75, 3.05) is 11.9 Å². The molecule has 1 aliphatic heterocycles. The summed E-state index contributed by atoms with van der Waals surface area (Å²) in [4.78, 5) is 33.4. The third-order valence-electron chi connectivity index (χ3n) is 5.59. The molecular formula is C23H26F5N5O4. The zero-order valence-electron chi connectivity index (χ0n) is 20.0. The summed E-state index contributed by atoms with van der Waals surface area (Å²) in [5, 5.41) is 2.67. The van der Waals surface area contributed by atoms with Gasteiger partial charge < -0.3 is 25.4 Å². The summed E-state index contributed by atoms with van der Waals surface area (Å²) < 4.78 is 74.9. The number of halogens is 5. The highest BCUT2D eigenvalue weighted by molar-refractivity contribution is 5.93. The van der Waals surface area contributed by atoms with Crippen molar-refractivity contribution in [1.82, 2.24) is 14.9 Å². The fraction of sp³-hybridized carbons (Fsp3) is 0.478. The Bertz CT molecular complexity index is 1130. The summed E-state index contributed by atoms with van der Waals surface area (Å²) in [5.41, 5.74) is 3.97. The quantitative estimate of drug-likeness (QED) is 0.460. The van der Waals surface area contributed by atoms with Crippen LogP contribution in [0.4, 0.5) is 38.4 Å². The molecule has 0 spiro atoms. The first-order valence-corrected chi connectivity index (χ1v) is 11.3. The van der Waals surface area contributed by atoms with Gasteiger partial charge in [-0.2, -0.15) is 0 Å². The van der Waals surface area contributed by atoms with Crippen LogP contribution in [0, 0.1) is 0 Å². The number of carbonyl (C=O) groups is 2. The van der Waals surface area contributed by atoms with E-state index >= 15 is 0 Å². The van der Waals surface area contributed by atoms with Gasteiger partial charge in [-0.25, -0.2) is 23.5 Å². The van der Waals surface area contributed by atoms with Crippen LogP contribution in [-0.2, 0) is 4.74 Å². The smallest absolute Gasteiger partial charge is 0.444 e. The van der Waals surface area contributed by atoms with Crippen molar-refractivity contribution < 1.29 is 41.0 Å². The van der Waals surface area contributed by atoms with Crippen molar-refractivity contribution in [1.29, 1.82) is 0 Å². The molecule has 3 heterocycles. The number of nitrogens with zero attached hydrogens (tertiary/aromatic N) is 3. The van der Waals surface area contributed by atoms with Crippen LogP contribution < -0.4 is 15.8 Å². The number of hydrogen-bond donors (Lipinski definition) is 2. The van der Waals surface area contributed by atoms with E-state index in [-0.39, 0.29) is 36.6 Å². The predicted octanol–water partition coefficient (Wildman–Crippen LogP) is 5.01. The third kappa shape index (κ3) is 8.43. The molecular weight excluding hydrogens is 505 g/mol. The Labute approximate surface area is 209 Å². The number of piperidine rings is 1. The van der Waals surface area contributed by atoms with Crippen LogP contribution in [0.3, 0.4) is 0 Å². The maximum atomic E-state index is 14.3. The highest BCUT2D eigenvalue weighted by Crippen LogP contribution is 2.34. The van der Waals surface area contributed by atoms with E-state index in [2.05, 4.69) is 20.0 Å². The summed E-state index contributed by atoms with van der Waals surface area (Å²) in [6, 6.07) is 5.65. The predicted molar refractivity (Wildman–Crippen MR) is 121 cm³/mol. The Morgan fingerprint density at radius 3 is 2.62 bits per heavy atom. The molecule has 0 bridgehead atoms. The first-order chi connectivity index (χ1) is 17.1. The van der Waals surface area contributed by atoms with Gasteiger partial charge in [-0.15, -0.1) is 13.2 Å². The number of nitrogens with two attached hydrogens (primary N) is 1. The summed E-state index contributed by atoms with van der Waals surface area (Å²) in [6.45, 7) is 2.44. The number of primary amides is 1. The van der Waals surface area contributed by atoms with E-state index in [0.29, 0.717) is 0 Å². The number of nitrogens with one attached hydrogen (secondary N) is 1. The van der Waals surface area contributed by atoms with Crippen molar-refractivity contribution in [3.05, 3.63) is 42.2 Å². The lowest BCUT2D eigenvalue weighted by Crippen LogP contribution is -2.52. The molecule has 2 amide bonds. The van der Waals surface area contributed by atoms with Crippen LogP contribution in [0.2, 0.25) is 0 Å². The molecule has 2 aromatic rings. The van der Waals surface area contributed by atoms with Crippen LogP contribution in [0.25, 0.3) is 0 Å². The van der Waals surface area contributed by atoms with Gasteiger partial charge >= 0.3 is 12.5 Å². The van der Waals surface area contributed by atoms with Gasteiger partial charge in [0.1, 0.15) is 28.7 Å². The molecule has 3 N–H and O–H groups in total. The normalized spacial score (nSPS) is 17.7. The fourth-order valence-electron chi connectivity index (χ4n) is 3.94. The van der Waals surface area contributed by atoms with Crippen molar-refractivity contribution >= 4 is 23.6 Å². The van der Waals surface area contributed by atoms with Crippen molar-refractivity contribution in [3.63, 3.8) is 0 Å². The number of anilines is 2. The largest absolute Gasteiger partial charge is 0.573 e. The molecule has 202 valence electrons. The minimum absolute atomic E-state index is 0.0270. The van der Waals surface area contributed by atoms with Gasteiger partial charge in [0.15, 0.2) is 0 Å². The molecule has 37 heavy (non-hydrogen) atoms. The number of rotatable bonds is 8. The molecule has 0 saturated carbocycles. The summed E-state index contributed by atoms with van der Waals surface area (Å²) >= 11 is 0. The zero-order chi connectivity index (χ0) is 27.4. The van der Waals surface area contributed by atoms with Crippen LogP contribution in [0.15, 0.2) is 36.5 Å². The molecule has 0 radical (unpaired) electrons. The number of amides is 2. The number of likely N-dealkylation sites (tertiary alicyclic amines) is 1. The second kappa shape index (κ2) is 10.7. The maximum absolute atomic E-state index is 14.3. The van der Waals surface area contributed by atoms with E-state index in [0.717, 1.165) is 23.2 Å².